The molecule has 0 aliphatic heterocycles. The van der Waals surface area contributed by atoms with Crippen LogP contribution in [0.4, 0.5) is 0 Å². The van der Waals surface area contributed by atoms with Crippen molar-refractivity contribution in [1.29, 1.82) is 0 Å². The molecule has 0 radical (unpaired) electrons. The molecule has 1 amide bonds. The third kappa shape index (κ3) is 4.72. The molecular weight excluding hydrogens is 214 g/mol. The molecule has 0 fully saturated rings. The summed E-state index contributed by atoms with van der Waals surface area (Å²) in [6.45, 7) is 8.03. The molecule has 0 spiro atoms. The predicted molar refractivity (Wildman–Crippen MR) is 69.0 cm³/mol. The number of hydrogen-bond donors (Lipinski definition) is 1. The van der Waals surface area contributed by atoms with Crippen LogP contribution in [0.2, 0.25) is 0 Å². The highest BCUT2D eigenvalue weighted by Gasteiger charge is 2.17. The quantitative estimate of drug-likeness (QED) is 0.767. The Morgan fingerprint density at radius 2 is 2.06 bits per heavy atom. The number of nitrogens with one attached hydrogen (secondary N) is 1. The van der Waals surface area contributed by atoms with Crippen molar-refractivity contribution < 1.29 is 9.53 Å². The zero-order valence-corrected chi connectivity index (χ0v) is 10.4. The van der Waals surface area contributed by atoms with Gasteiger partial charge in [-0.1, -0.05) is 37.3 Å². The lowest BCUT2D eigenvalue weighted by molar-refractivity contribution is -0.127. The van der Waals surface area contributed by atoms with Crippen LogP contribution in [0.1, 0.15) is 20.3 Å². The zero-order valence-electron chi connectivity index (χ0n) is 10.4. The van der Waals surface area contributed by atoms with Crippen LogP contribution in [-0.2, 0) is 4.79 Å². The van der Waals surface area contributed by atoms with Crippen LogP contribution in [0.25, 0.3) is 0 Å². The van der Waals surface area contributed by atoms with E-state index in [-0.39, 0.29) is 5.91 Å². The predicted octanol–water partition coefficient (Wildman–Crippen LogP) is 2.54. The van der Waals surface area contributed by atoms with Gasteiger partial charge in [-0.3, -0.25) is 4.79 Å². The van der Waals surface area contributed by atoms with Crippen molar-refractivity contribution >= 4 is 5.91 Å². The van der Waals surface area contributed by atoms with E-state index in [9.17, 15) is 4.79 Å². The average Bonchev–Trinajstić information content (AvgIpc) is 2.34. The second kappa shape index (κ2) is 6.74. The van der Waals surface area contributed by atoms with Gasteiger partial charge in [0, 0.05) is 6.54 Å². The summed E-state index contributed by atoms with van der Waals surface area (Å²) in [6, 6.07) is 9.36. The molecule has 0 heterocycles. The van der Waals surface area contributed by atoms with Crippen LogP contribution >= 0.6 is 0 Å². The molecule has 0 aromatic heterocycles. The summed E-state index contributed by atoms with van der Waals surface area (Å²) in [5.74, 6) is 0.615. The van der Waals surface area contributed by atoms with Gasteiger partial charge in [-0.2, -0.15) is 0 Å². The Bertz CT molecular complexity index is 373. The van der Waals surface area contributed by atoms with E-state index >= 15 is 0 Å². The summed E-state index contributed by atoms with van der Waals surface area (Å²) in [6.07, 6.45) is 0.188. The van der Waals surface area contributed by atoms with Crippen molar-refractivity contribution in [1.82, 2.24) is 5.32 Å². The minimum Gasteiger partial charge on any atom is -0.481 e. The van der Waals surface area contributed by atoms with E-state index in [1.807, 2.05) is 44.2 Å². The van der Waals surface area contributed by atoms with Crippen LogP contribution < -0.4 is 10.1 Å². The molecule has 1 aromatic carbocycles. The first-order valence-corrected chi connectivity index (χ1v) is 5.77. The molecule has 1 atom stereocenters. The molecule has 1 rings (SSSR count). The minimum absolute atomic E-state index is 0.0978. The molecule has 0 aliphatic carbocycles. The number of ether oxygens (including phenoxy) is 1. The van der Waals surface area contributed by atoms with Crippen molar-refractivity contribution in [2.24, 2.45) is 0 Å². The summed E-state index contributed by atoms with van der Waals surface area (Å²) < 4.78 is 5.62. The Balaban J connectivity index is 2.53. The van der Waals surface area contributed by atoms with E-state index in [2.05, 4.69) is 11.9 Å². The minimum atomic E-state index is -0.447. The molecule has 1 aromatic rings. The maximum Gasteiger partial charge on any atom is 0.261 e. The average molecular weight is 233 g/mol. The van der Waals surface area contributed by atoms with Gasteiger partial charge in [0.05, 0.1) is 0 Å². The molecular formula is C14H19NO2. The molecule has 17 heavy (non-hydrogen) atoms. The Kier molecular flexibility index (Phi) is 5.27. The number of para-hydroxylation sites is 1. The first-order chi connectivity index (χ1) is 8.13. The fourth-order valence-corrected chi connectivity index (χ4v) is 1.34. The second-order valence-electron chi connectivity index (χ2n) is 4.00. The molecule has 0 bridgehead atoms. The molecule has 1 unspecified atom stereocenters. The number of amides is 1. The summed E-state index contributed by atoms with van der Waals surface area (Å²) in [5, 5.41) is 2.79. The SMILES string of the molecule is C=C(C)CNC(=O)C(CC)Oc1ccccc1. The van der Waals surface area contributed by atoms with Gasteiger partial charge in [0.15, 0.2) is 6.10 Å². The molecule has 1 N–H and O–H groups in total. The van der Waals surface area contributed by atoms with Crippen molar-refractivity contribution in [3.63, 3.8) is 0 Å². The summed E-state index contributed by atoms with van der Waals surface area (Å²) >= 11 is 0. The zero-order chi connectivity index (χ0) is 12.7. The normalized spacial score (nSPS) is 11.6. The lowest BCUT2D eigenvalue weighted by Gasteiger charge is -2.17. The maximum absolute atomic E-state index is 11.8. The van der Waals surface area contributed by atoms with Crippen molar-refractivity contribution in [3.05, 3.63) is 42.5 Å². The Hall–Kier alpha value is -1.77. The van der Waals surface area contributed by atoms with Crippen LogP contribution in [0.15, 0.2) is 42.5 Å². The fraction of sp³-hybridized carbons (Fsp3) is 0.357. The van der Waals surface area contributed by atoms with Gasteiger partial charge in [0.2, 0.25) is 0 Å². The standard InChI is InChI=1S/C14H19NO2/c1-4-13(14(16)15-10-11(2)3)17-12-8-6-5-7-9-12/h5-9,13H,2,4,10H2,1,3H3,(H,15,16). The number of rotatable bonds is 6. The fourth-order valence-electron chi connectivity index (χ4n) is 1.34. The lowest BCUT2D eigenvalue weighted by Crippen LogP contribution is -2.38. The third-order valence-corrected chi connectivity index (χ3v) is 2.25. The van der Waals surface area contributed by atoms with Gasteiger partial charge < -0.3 is 10.1 Å². The van der Waals surface area contributed by atoms with Crippen LogP contribution in [0, 0.1) is 0 Å². The van der Waals surface area contributed by atoms with E-state index in [4.69, 9.17) is 4.74 Å². The van der Waals surface area contributed by atoms with E-state index in [0.29, 0.717) is 18.7 Å². The van der Waals surface area contributed by atoms with E-state index < -0.39 is 6.10 Å². The van der Waals surface area contributed by atoms with Gasteiger partial charge in [0.25, 0.3) is 5.91 Å². The monoisotopic (exact) mass is 233 g/mol. The molecule has 0 saturated heterocycles. The number of hydrogen-bond acceptors (Lipinski definition) is 2. The van der Waals surface area contributed by atoms with Gasteiger partial charge >= 0.3 is 0 Å². The summed E-state index contributed by atoms with van der Waals surface area (Å²) in [7, 11) is 0. The summed E-state index contributed by atoms with van der Waals surface area (Å²) in [4.78, 5) is 11.8. The smallest absolute Gasteiger partial charge is 0.261 e. The number of carbonyl (C=O) groups excluding carboxylic acids is 1. The lowest BCUT2D eigenvalue weighted by atomic mass is 10.2. The molecule has 3 heteroatoms. The van der Waals surface area contributed by atoms with Crippen LogP contribution in [0.3, 0.4) is 0 Å². The number of carbonyl (C=O) groups is 1. The highest BCUT2D eigenvalue weighted by molar-refractivity contribution is 5.81. The third-order valence-electron chi connectivity index (χ3n) is 2.25. The van der Waals surface area contributed by atoms with Crippen molar-refractivity contribution in [2.75, 3.05) is 6.54 Å². The molecule has 0 aliphatic rings. The maximum atomic E-state index is 11.8. The van der Waals surface area contributed by atoms with Gasteiger partial charge in [0.1, 0.15) is 5.75 Å². The Morgan fingerprint density at radius 1 is 1.41 bits per heavy atom. The Labute approximate surface area is 102 Å². The van der Waals surface area contributed by atoms with E-state index in [1.54, 1.807) is 0 Å². The highest BCUT2D eigenvalue weighted by Crippen LogP contribution is 2.12. The first-order valence-electron chi connectivity index (χ1n) is 5.77. The van der Waals surface area contributed by atoms with Crippen LogP contribution in [-0.4, -0.2) is 18.6 Å². The Morgan fingerprint density at radius 3 is 2.59 bits per heavy atom. The molecule has 92 valence electrons. The van der Waals surface area contributed by atoms with Gasteiger partial charge in [-0.15, -0.1) is 0 Å². The van der Waals surface area contributed by atoms with Gasteiger partial charge in [-0.05, 0) is 25.5 Å². The molecule has 3 nitrogen and oxygen atoms in total. The van der Waals surface area contributed by atoms with Crippen LogP contribution in [0.5, 0.6) is 5.75 Å². The van der Waals surface area contributed by atoms with Crippen molar-refractivity contribution in [3.8, 4) is 5.75 Å². The van der Waals surface area contributed by atoms with E-state index in [0.717, 1.165) is 5.57 Å². The van der Waals surface area contributed by atoms with Gasteiger partial charge in [-0.25, -0.2) is 0 Å². The van der Waals surface area contributed by atoms with Crippen molar-refractivity contribution in [2.45, 2.75) is 26.4 Å². The number of benzene rings is 1. The highest BCUT2D eigenvalue weighted by atomic mass is 16.5. The summed E-state index contributed by atoms with van der Waals surface area (Å²) in [5.41, 5.74) is 0.924. The second-order valence-corrected chi connectivity index (χ2v) is 4.00. The largest absolute Gasteiger partial charge is 0.481 e. The molecule has 0 saturated carbocycles. The van der Waals surface area contributed by atoms with E-state index in [1.165, 1.54) is 0 Å². The first kappa shape index (κ1) is 13.3. The topological polar surface area (TPSA) is 38.3 Å².